The summed E-state index contributed by atoms with van der Waals surface area (Å²) in [6.07, 6.45) is 3.53. The van der Waals surface area contributed by atoms with E-state index in [0.717, 1.165) is 11.1 Å². The minimum atomic E-state index is -0.733. The van der Waals surface area contributed by atoms with Gasteiger partial charge in [0.05, 0.1) is 40.1 Å². The topological polar surface area (TPSA) is 159 Å². The molecule has 252 valence electrons. The number of hydrogen-bond acceptors (Lipinski definition) is 11. The van der Waals surface area contributed by atoms with Crippen LogP contribution in [0.3, 0.4) is 0 Å². The van der Waals surface area contributed by atoms with E-state index in [-0.39, 0.29) is 22.9 Å². The van der Waals surface area contributed by atoms with E-state index in [4.69, 9.17) is 14.2 Å². The molecule has 5 rings (SSSR count). The van der Waals surface area contributed by atoms with Crippen molar-refractivity contribution in [3.8, 4) is 39.8 Å². The lowest BCUT2D eigenvalue weighted by Crippen LogP contribution is -2.36. The van der Waals surface area contributed by atoms with Crippen LogP contribution in [0.15, 0.2) is 53.3 Å². The van der Waals surface area contributed by atoms with Gasteiger partial charge in [-0.2, -0.15) is 16.6 Å². The molecule has 0 saturated carbocycles. The highest BCUT2D eigenvalue weighted by Gasteiger charge is 2.30. The van der Waals surface area contributed by atoms with Crippen molar-refractivity contribution < 1.29 is 23.8 Å². The number of methoxy groups -OCH3 is 3. The number of aryl methyl sites for hydroxylation is 2. The molecule has 0 saturated heterocycles. The first kappa shape index (κ1) is 34.2. The molecule has 1 aromatic heterocycles. The number of nitrogens with zero attached hydrogens (tertiary/aromatic N) is 4. The lowest BCUT2D eigenvalue weighted by atomic mass is 9.95. The quantitative estimate of drug-likeness (QED) is 0.198. The molecule has 0 bridgehead atoms. The van der Waals surface area contributed by atoms with Gasteiger partial charge in [0.25, 0.3) is 0 Å². The molecule has 1 aliphatic rings. The number of fused-ring (bicyclic) bond motifs is 3. The maximum atomic E-state index is 13.9. The third kappa shape index (κ3) is 7.38. The Morgan fingerprint density at radius 3 is 2.52 bits per heavy atom. The van der Waals surface area contributed by atoms with Crippen LogP contribution in [-0.2, 0) is 23.1 Å². The maximum absolute atomic E-state index is 13.9. The number of tetrazole rings is 1. The van der Waals surface area contributed by atoms with E-state index in [2.05, 4.69) is 31.4 Å². The lowest BCUT2D eigenvalue weighted by molar-refractivity contribution is -0.120. The Bertz CT molecular complexity index is 1880. The van der Waals surface area contributed by atoms with Crippen LogP contribution in [0.1, 0.15) is 36.9 Å². The van der Waals surface area contributed by atoms with Gasteiger partial charge in [-0.05, 0) is 83.5 Å². The van der Waals surface area contributed by atoms with Crippen molar-refractivity contribution in [3.05, 3.63) is 69.9 Å². The molecule has 1 heterocycles. The van der Waals surface area contributed by atoms with Gasteiger partial charge in [-0.1, -0.05) is 18.2 Å². The average Bonchev–Trinajstić information content (AvgIpc) is 3.38. The maximum Gasteiger partial charge on any atom is 0.246 e. The van der Waals surface area contributed by atoms with Gasteiger partial charge < -0.3 is 30.2 Å². The van der Waals surface area contributed by atoms with Gasteiger partial charge in [0.1, 0.15) is 6.04 Å². The molecule has 0 radical (unpaired) electrons. The van der Waals surface area contributed by atoms with E-state index in [1.165, 1.54) is 24.9 Å². The van der Waals surface area contributed by atoms with Gasteiger partial charge in [-0.25, -0.2) is 0 Å². The first-order valence-electron chi connectivity index (χ1n) is 15.4. The Hall–Kier alpha value is -5.11. The number of hydrogen-bond donors (Lipinski definition) is 3. The predicted molar refractivity (Wildman–Crippen MR) is 186 cm³/mol. The minimum Gasteiger partial charge on any atom is -0.493 e. The summed E-state index contributed by atoms with van der Waals surface area (Å²) in [5.41, 5.74) is 4.16. The molecule has 3 N–H and O–H groups in total. The van der Waals surface area contributed by atoms with Gasteiger partial charge >= 0.3 is 0 Å². The molecule has 0 aliphatic heterocycles. The average molecular weight is 674 g/mol. The van der Waals surface area contributed by atoms with Crippen LogP contribution < -0.4 is 35.6 Å². The zero-order valence-corrected chi connectivity index (χ0v) is 28.6. The molecule has 4 aromatic rings. The summed E-state index contributed by atoms with van der Waals surface area (Å²) in [6, 6.07) is 12.9. The lowest BCUT2D eigenvalue weighted by Gasteiger charge is -2.19. The number of nitrogens with one attached hydrogen (secondary N) is 3. The van der Waals surface area contributed by atoms with Crippen molar-refractivity contribution >= 4 is 35.0 Å². The number of thioether (sulfide) groups is 1. The Morgan fingerprint density at radius 2 is 1.85 bits per heavy atom. The van der Waals surface area contributed by atoms with Crippen LogP contribution in [-0.4, -0.2) is 71.4 Å². The number of ether oxygens (including phenoxy) is 3. The number of benzene rings is 2. The largest absolute Gasteiger partial charge is 0.493 e. The molecule has 14 heteroatoms. The Kier molecular flexibility index (Phi) is 10.8. The highest BCUT2D eigenvalue weighted by Crippen LogP contribution is 2.50. The second kappa shape index (κ2) is 15.2. The Morgan fingerprint density at radius 1 is 1.06 bits per heavy atom. The summed E-state index contributed by atoms with van der Waals surface area (Å²) in [5, 5.41) is 21.4. The zero-order chi connectivity index (χ0) is 34.4. The molecule has 0 spiro atoms. The molecule has 0 unspecified atom stereocenters. The van der Waals surface area contributed by atoms with E-state index < -0.39 is 12.1 Å². The van der Waals surface area contributed by atoms with Gasteiger partial charge in [-0.15, -0.1) is 10.2 Å². The smallest absolute Gasteiger partial charge is 0.246 e. The molecule has 1 aliphatic carbocycles. The van der Waals surface area contributed by atoms with Gasteiger partial charge in [0, 0.05) is 23.7 Å². The second-order valence-electron chi connectivity index (χ2n) is 11.2. The number of anilines is 2. The standard InChI is InChI=1S/C34H39N7O6S/c1-19(42)35-25-12-10-20-17-29(45-3)31(46-4)32(47-5)30(20)23-11-13-26(28(43)18-24(23)25)37-27(14-15-48-6)34(44)36-22-9-7-8-21(16-22)33-38-40-41(2)39-33/h7-9,11,13,16-18,25,27H,10,12,14-15H2,1-6H3,(H,35,42)(H,36,44)(H,37,43)/t25-,27-/m1/s1. The fourth-order valence-corrected chi connectivity index (χ4v) is 6.36. The summed E-state index contributed by atoms with van der Waals surface area (Å²) >= 11 is 1.60. The van der Waals surface area contributed by atoms with Crippen molar-refractivity contribution in [2.75, 3.05) is 44.0 Å². The summed E-state index contributed by atoms with van der Waals surface area (Å²) in [7, 11) is 6.33. The number of carbonyl (C=O) groups is 2. The summed E-state index contributed by atoms with van der Waals surface area (Å²) < 4.78 is 17.2. The molecule has 0 fully saturated rings. The predicted octanol–water partition coefficient (Wildman–Crippen LogP) is 4.23. The second-order valence-corrected chi connectivity index (χ2v) is 12.2. The van der Waals surface area contributed by atoms with Crippen LogP contribution in [0.4, 0.5) is 11.4 Å². The summed E-state index contributed by atoms with van der Waals surface area (Å²) in [5.74, 6) is 1.98. The summed E-state index contributed by atoms with van der Waals surface area (Å²) in [4.78, 5) is 41.3. The van der Waals surface area contributed by atoms with E-state index in [0.29, 0.717) is 70.5 Å². The molecule has 13 nitrogen and oxygen atoms in total. The molecule has 3 aromatic carbocycles. The third-order valence-corrected chi connectivity index (χ3v) is 8.71. The number of amides is 2. The molecule has 2 atom stereocenters. The van der Waals surface area contributed by atoms with E-state index in [9.17, 15) is 14.4 Å². The van der Waals surface area contributed by atoms with Crippen molar-refractivity contribution in [1.82, 2.24) is 25.5 Å². The van der Waals surface area contributed by atoms with E-state index >= 15 is 0 Å². The van der Waals surface area contributed by atoms with E-state index in [1.54, 1.807) is 57.3 Å². The molecular weight excluding hydrogens is 634 g/mol. The van der Waals surface area contributed by atoms with Crippen LogP contribution in [0, 0.1) is 0 Å². The van der Waals surface area contributed by atoms with Crippen LogP contribution in [0.5, 0.6) is 17.2 Å². The number of carbonyl (C=O) groups excluding carboxylic acids is 2. The third-order valence-electron chi connectivity index (χ3n) is 8.07. The van der Waals surface area contributed by atoms with Gasteiger partial charge in [-0.3, -0.25) is 14.4 Å². The fraction of sp³-hybridized carbons (Fsp3) is 0.353. The number of aromatic nitrogens is 4. The monoisotopic (exact) mass is 673 g/mol. The summed E-state index contributed by atoms with van der Waals surface area (Å²) in [6.45, 7) is 1.45. The van der Waals surface area contributed by atoms with E-state index in [1.807, 2.05) is 24.5 Å². The van der Waals surface area contributed by atoms with Crippen molar-refractivity contribution in [2.24, 2.45) is 7.05 Å². The molecule has 2 amide bonds. The molecular formula is C34H39N7O6S. The molecule has 48 heavy (non-hydrogen) atoms. The van der Waals surface area contributed by atoms with Crippen molar-refractivity contribution in [3.63, 3.8) is 0 Å². The fourth-order valence-electron chi connectivity index (χ4n) is 5.88. The van der Waals surface area contributed by atoms with Crippen LogP contribution in [0.2, 0.25) is 0 Å². The SMILES string of the molecule is COc1cc2c(c(OC)c1OC)-c1ccc(N[C@H](CCSC)C(=O)Nc3cccc(-c4nnn(C)n4)c3)c(=O)cc1[C@H](NC(C)=O)CC2. The Labute approximate surface area is 282 Å². The first-order chi connectivity index (χ1) is 23.2. The highest BCUT2D eigenvalue weighted by atomic mass is 32.2. The highest BCUT2D eigenvalue weighted by molar-refractivity contribution is 7.98. The van der Waals surface area contributed by atoms with Crippen LogP contribution in [0.25, 0.3) is 22.5 Å². The minimum absolute atomic E-state index is 0.218. The van der Waals surface area contributed by atoms with Crippen molar-refractivity contribution in [1.29, 1.82) is 0 Å². The number of rotatable bonds is 12. The first-order valence-corrected chi connectivity index (χ1v) is 16.7. The van der Waals surface area contributed by atoms with Gasteiger partial charge in [0.15, 0.2) is 11.5 Å². The Balaban J connectivity index is 1.55. The van der Waals surface area contributed by atoms with Crippen molar-refractivity contribution in [2.45, 2.75) is 38.3 Å². The van der Waals surface area contributed by atoms with Crippen LogP contribution >= 0.6 is 11.8 Å². The zero-order valence-electron chi connectivity index (χ0n) is 27.7. The normalized spacial score (nSPS) is 14.1. The van der Waals surface area contributed by atoms with Gasteiger partial charge in [0.2, 0.25) is 28.8 Å².